The van der Waals surface area contributed by atoms with Crippen molar-refractivity contribution in [3.8, 4) is 0 Å². The lowest BCUT2D eigenvalue weighted by Gasteiger charge is -2.19. The van der Waals surface area contributed by atoms with Gasteiger partial charge in [-0.25, -0.2) is 0 Å². The molecule has 82 valence electrons. The number of fused-ring (bicyclic) bond motifs is 3. The van der Waals surface area contributed by atoms with Gasteiger partial charge in [-0.1, -0.05) is 42.1 Å². The first-order chi connectivity index (χ1) is 8.33. The molecule has 0 spiro atoms. The van der Waals surface area contributed by atoms with Crippen LogP contribution in [0.15, 0.2) is 56.7 Å². The third-order valence-corrected chi connectivity index (χ3v) is 5.47. The molecule has 2 heteroatoms. The van der Waals surface area contributed by atoms with E-state index >= 15 is 0 Å². The number of halogens is 1. The molecule has 0 fully saturated rings. The first kappa shape index (κ1) is 9.98. The lowest BCUT2D eigenvalue weighted by Crippen LogP contribution is -1.99. The highest BCUT2D eigenvalue weighted by Crippen LogP contribution is 2.47. The van der Waals surface area contributed by atoms with Gasteiger partial charge < -0.3 is 0 Å². The molecule has 6 bridgehead atoms. The smallest absolute Gasteiger partial charge is 0.0340 e. The van der Waals surface area contributed by atoms with Gasteiger partial charge >= 0.3 is 0 Å². The average molecular weight is 301 g/mol. The second-order valence-corrected chi connectivity index (χ2v) is 6.33. The minimum absolute atomic E-state index is 0.442. The Morgan fingerprint density at radius 2 is 2.06 bits per heavy atom. The Labute approximate surface area is 113 Å². The topological polar surface area (TPSA) is 0 Å². The molecular formula is C15H9BrS. The maximum Gasteiger partial charge on any atom is 0.0340 e. The molecule has 1 atom stereocenters. The van der Waals surface area contributed by atoms with Gasteiger partial charge in [0.05, 0.1) is 0 Å². The number of allylic oxidation sites excluding steroid dienone is 1. The van der Waals surface area contributed by atoms with Crippen LogP contribution in [0.5, 0.6) is 0 Å². The summed E-state index contributed by atoms with van der Waals surface area (Å²) >= 11 is 5.51. The van der Waals surface area contributed by atoms with Crippen molar-refractivity contribution in [1.29, 1.82) is 0 Å². The lowest BCUT2D eigenvalue weighted by atomic mass is 9.93. The zero-order valence-corrected chi connectivity index (χ0v) is 11.4. The van der Waals surface area contributed by atoms with E-state index in [9.17, 15) is 0 Å². The van der Waals surface area contributed by atoms with E-state index in [-0.39, 0.29) is 0 Å². The Balaban J connectivity index is 2.10. The number of benzene rings is 2. The summed E-state index contributed by atoms with van der Waals surface area (Å²) in [7, 11) is 0. The summed E-state index contributed by atoms with van der Waals surface area (Å²) in [5.41, 5.74) is 4.23. The van der Waals surface area contributed by atoms with E-state index in [4.69, 9.17) is 0 Å². The van der Waals surface area contributed by atoms with Crippen LogP contribution in [-0.4, -0.2) is 0 Å². The van der Waals surface area contributed by atoms with Crippen molar-refractivity contribution < 1.29 is 0 Å². The van der Waals surface area contributed by atoms with Crippen molar-refractivity contribution >= 4 is 33.8 Å². The van der Waals surface area contributed by atoms with Gasteiger partial charge in [-0.2, -0.15) is 0 Å². The minimum atomic E-state index is 0.442. The van der Waals surface area contributed by atoms with Crippen molar-refractivity contribution in [2.45, 2.75) is 15.7 Å². The quantitative estimate of drug-likeness (QED) is 0.654. The maximum atomic E-state index is 3.66. The second-order valence-electron chi connectivity index (χ2n) is 4.39. The van der Waals surface area contributed by atoms with E-state index in [1.807, 2.05) is 11.8 Å². The zero-order valence-electron chi connectivity index (χ0n) is 8.98. The third kappa shape index (κ3) is 1.37. The molecule has 1 unspecified atom stereocenters. The van der Waals surface area contributed by atoms with E-state index in [0.717, 1.165) is 0 Å². The van der Waals surface area contributed by atoms with Crippen molar-refractivity contribution in [3.05, 3.63) is 63.6 Å². The monoisotopic (exact) mass is 300 g/mol. The van der Waals surface area contributed by atoms with Crippen molar-refractivity contribution in [2.24, 2.45) is 0 Å². The van der Waals surface area contributed by atoms with Crippen molar-refractivity contribution in [2.75, 3.05) is 0 Å². The molecule has 0 amide bonds. The highest BCUT2D eigenvalue weighted by atomic mass is 79.9. The fourth-order valence-corrected chi connectivity index (χ4v) is 4.24. The highest BCUT2D eigenvalue weighted by molar-refractivity contribution is 9.10. The molecule has 1 aliphatic carbocycles. The largest absolute Gasteiger partial charge is 0.0883 e. The van der Waals surface area contributed by atoms with Gasteiger partial charge in [-0.15, -0.1) is 0 Å². The van der Waals surface area contributed by atoms with Gasteiger partial charge in [0.2, 0.25) is 0 Å². The van der Waals surface area contributed by atoms with Crippen LogP contribution in [0.25, 0.3) is 6.08 Å². The van der Waals surface area contributed by atoms with Crippen molar-refractivity contribution in [3.63, 3.8) is 0 Å². The Kier molecular flexibility index (Phi) is 2.06. The fourth-order valence-electron chi connectivity index (χ4n) is 2.61. The maximum absolute atomic E-state index is 3.66. The van der Waals surface area contributed by atoms with E-state index in [1.165, 1.54) is 31.0 Å². The summed E-state index contributed by atoms with van der Waals surface area (Å²) in [6.45, 7) is 0. The summed E-state index contributed by atoms with van der Waals surface area (Å²) in [6.07, 6.45) is 4.58. The minimum Gasteiger partial charge on any atom is -0.0883 e. The van der Waals surface area contributed by atoms with Crippen LogP contribution in [0.4, 0.5) is 0 Å². The van der Waals surface area contributed by atoms with E-state index < -0.39 is 0 Å². The number of hydrogen-bond acceptors (Lipinski definition) is 1. The molecule has 17 heavy (non-hydrogen) atoms. The van der Waals surface area contributed by atoms with E-state index in [2.05, 4.69) is 64.5 Å². The van der Waals surface area contributed by atoms with Crippen LogP contribution in [0.2, 0.25) is 0 Å². The van der Waals surface area contributed by atoms with E-state index in [1.54, 1.807) is 0 Å². The van der Waals surface area contributed by atoms with Crippen LogP contribution in [-0.2, 0) is 0 Å². The molecule has 0 radical (unpaired) electrons. The summed E-state index contributed by atoms with van der Waals surface area (Å²) in [6, 6.07) is 13.3. The average Bonchev–Trinajstić information content (AvgIpc) is 2.77. The fraction of sp³-hybridized carbons (Fsp3) is 0.0667. The van der Waals surface area contributed by atoms with Gasteiger partial charge in [0, 0.05) is 20.2 Å². The molecule has 1 heterocycles. The van der Waals surface area contributed by atoms with Gasteiger partial charge in [0.15, 0.2) is 0 Å². The third-order valence-electron chi connectivity index (χ3n) is 3.41. The first-order valence-electron chi connectivity index (χ1n) is 5.61. The predicted octanol–water partition coefficient (Wildman–Crippen LogP) is 5.07. The SMILES string of the molecule is Brc1ccc2c3c1Sc1cccc(c1)C2C=C3. The molecular weight excluding hydrogens is 292 g/mol. The Hall–Kier alpha value is -0.990. The van der Waals surface area contributed by atoms with Crippen LogP contribution >= 0.6 is 27.7 Å². The van der Waals surface area contributed by atoms with Gasteiger partial charge in [-0.3, -0.25) is 0 Å². The highest BCUT2D eigenvalue weighted by Gasteiger charge is 2.25. The Bertz CT molecular complexity index is 658. The number of rotatable bonds is 0. The Morgan fingerprint density at radius 1 is 1.12 bits per heavy atom. The molecule has 1 aliphatic heterocycles. The lowest BCUT2D eigenvalue weighted by molar-refractivity contribution is 1.02. The summed E-state index contributed by atoms with van der Waals surface area (Å²) in [5.74, 6) is 0.442. The van der Waals surface area contributed by atoms with Crippen molar-refractivity contribution in [1.82, 2.24) is 0 Å². The zero-order chi connectivity index (χ0) is 11.4. The summed E-state index contributed by atoms with van der Waals surface area (Å²) < 4.78 is 1.19. The molecule has 2 aromatic rings. The molecule has 4 rings (SSSR count). The van der Waals surface area contributed by atoms with Gasteiger partial charge in [0.1, 0.15) is 0 Å². The van der Waals surface area contributed by atoms with Crippen LogP contribution < -0.4 is 0 Å². The first-order valence-corrected chi connectivity index (χ1v) is 7.22. The second kappa shape index (κ2) is 3.50. The molecule has 2 aromatic carbocycles. The Morgan fingerprint density at radius 3 is 3.00 bits per heavy atom. The van der Waals surface area contributed by atoms with Crippen LogP contribution in [0, 0.1) is 0 Å². The molecule has 0 nitrogen and oxygen atoms in total. The standard InChI is InChI=1S/C15H9BrS/c16-14-7-6-12-11-4-5-13(12)15(14)17-10-3-1-2-9(11)8-10/h1-8,11H. The van der Waals surface area contributed by atoms with Gasteiger partial charge in [0.25, 0.3) is 0 Å². The normalized spacial score (nSPS) is 19.0. The molecule has 0 saturated heterocycles. The van der Waals surface area contributed by atoms with Crippen LogP contribution in [0.1, 0.15) is 22.6 Å². The van der Waals surface area contributed by atoms with E-state index in [0.29, 0.717) is 5.92 Å². The molecule has 0 N–H and O–H groups in total. The van der Waals surface area contributed by atoms with Crippen LogP contribution in [0.3, 0.4) is 0 Å². The predicted molar refractivity (Wildman–Crippen MR) is 75.6 cm³/mol. The molecule has 0 saturated carbocycles. The number of hydrogen-bond donors (Lipinski definition) is 0. The molecule has 2 aliphatic rings. The summed E-state index contributed by atoms with van der Waals surface area (Å²) in [4.78, 5) is 2.67. The molecule has 0 aromatic heterocycles. The van der Waals surface area contributed by atoms with Gasteiger partial charge in [-0.05, 0) is 50.8 Å². The summed E-state index contributed by atoms with van der Waals surface area (Å²) in [5, 5.41) is 0.